The van der Waals surface area contributed by atoms with Gasteiger partial charge in [0, 0.05) is 15.7 Å². The van der Waals surface area contributed by atoms with Crippen LogP contribution in [0.2, 0.25) is 0 Å². The number of fused-ring (bicyclic) bond motifs is 1. The van der Waals surface area contributed by atoms with Gasteiger partial charge in [0.05, 0.1) is 10.2 Å². The Kier molecular flexibility index (Phi) is 2.80. The van der Waals surface area contributed by atoms with E-state index in [0.717, 1.165) is 14.7 Å². The van der Waals surface area contributed by atoms with Gasteiger partial charge in [0.2, 0.25) is 0 Å². The molecular weight excluding hydrogens is 315 g/mol. The number of nitrogens with zero attached hydrogens (tertiary/aromatic N) is 1. The second kappa shape index (κ2) is 4.33. The summed E-state index contributed by atoms with van der Waals surface area (Å²) in [7, 11) is 0. The van der Waals surface area contributed by atoms with E-state index in [4.69, 9.17) is 5.73 Å². The summed E-state index contributed by atoms with van der Waals surface area (Å²) in [4.78, 5) is 4.43. The van der Waals surface area contributed by atoms with Crippen LogP contribution in [0.1, 0.15) is 0 Å². The Labute approximate surface area is 115 Å². The van der Waals surface area contributed by atoms with Crippen LogP contribution in [-0.4, -0.2) is 4.98 Å². The molecule has 5 heteroatoms. The number of benzene rings is 2. The maximum atomic E-state index is 13.8. The van der Waals surface area contributed by atoms with Gasteiger partial charge in [-0.1, -0.05) is 15.9 Å². The number of hydrogen-bond acceptors (Lipinski definition) is 3. The third-order valence-corrected chi connectivity index (χ3v) is 4.12. The van der Waals surface area contributed by atoms with Gasteiger partial charge in [0.25, 0.3) is 0 Å². The smallest absolute Gasteiger partial charge is 0.133 e. The summed E-state index contributed by atoms with van der Waals surface area (Å²) < 4.78 is 15.8. The molecule has 0 unspecified atom stereocenters. The van der Waals surface area contributed by atoms with E-state index in [1.807, 2.05) is 18.2 Å². The fourth-order valence-electron chi connectivity index (χ4n) is 1.72. The molecule has 0 saturated heterocycles. The maximum absolute atomic E-state index is 13.8. The third-order valence-electron chi connectivity index (χ3n) is 2.57. The first-order valence-corrected chi connectivity index (χ1v) is 6.86. The van der Waals surface area contributed by atoms with Crippen molar-refractivity contribution in [3.8, 4) is 10.6 Å². The number of rotatable bonds is 1. The number of nitrogens with two attached hydrogens (primary N) is 1. The number of anilines is 1. The highest BCUT2D eigenvalue weighted by molar-refractivity contribution is 9.10. The Bertz CT molecular complexity index is 739. The number of hydrogen-bond donors (Lipinski definition) is 1. The first-order chi connectivity index (χ1) is 8.63. The van der Waals surface area contributed by atoms with Gasteiger partial charge in [0.15, 0.2) is 0 Å². The van der Waals surface area contributed by atoms with E-state index in [9.17, 15) is 4.39 Å². The average molecular weight is 323 g/mol. The van der Waals surface area contributed by atoms with Crippen LogP contribution >= 0.6 is 27.3 Å². The number of aromatic nitrogens is 1. The highest BCUT2D eigenvalue weighted by Gasteiger charge is 2.11. The highest BCUT2D eigenvalue weighted by atomic mass is 79.9. The van der Waals surface area contributed by atoms with Crippen LogP contribution in [0.4, 0.5) is 10.1 Å². The van der Waals surface area contributed by atoms with Gasteiger partial charge < -0.3 is 5.73 Å². The Hall–Kier alpha value is -1.46. The Morgan fingerprint density at radius 3 is 2.83 bits per heavy atom. The molecule has 0 spiro atoms. The molecular formula is C13H8BrFN2S. The number of thiazole rings is 1. The van der Waals surface area contributed by atoms with Crippen molar-refractivity contribution in [2.24, 2.45) is 0 Å². The van der Waals surface area contributed by atoms with Crippen LogP contribution in [0.25, 0.3) is 20.8 Å². The molecule has 18 heavy (non-hydrogen) atoms. The van der Waals surface area contributed by atoms with Crippen LogP contribution in [0, 0.1) is 5.82 Å². The Morgan fingerprint density at radius 1 is 1.17 bits per heavy atom. The van der Waals surface area contributed by atoms with Gasteiger partial charge in [-0.15, -0.1) is 11.3 Å². The van der Waals surface area contributed by atoms with Crippen LogP contribution in [0.5, 0.6) is 0 Å². The van der Waals surface area contributed by atoms with E-state index in [1.165, 1.54) is 17.4 Å². The molecule has 0 amide bonds. The normalized spacial score (nSPS) is 11.0. The zero-order valence-corrected chi connectivity index (χ0v) is 11.6. The summed E-state index contributed by atoms with van der Waals surface area (Å²) >= 11 is 4.86. The SMILES string of the molecule is Nc1ccc(F)c(-c2nc3ccc(Br)cc3s2)c1. The van der Waals surface area contributed by atoms with Crippen molar-refractivity contribution >= 4 is 43.2 Å². The molecule has 0 atom stereocenters. The van der Waals surface area contributed by atoms with E-state index in [1.54, 1.807) is 12.1 Å². The molecule has 1 heterocycles. The molecule has 3 aromatic rings. The molecule has 0 aliphatic heterocycles. The first-order valence-electron chi connectivity index (χ1n) is 5.25. The molecule has 90 valence electrons. The van der Waals surface area contributed by atoms with E-state index < -0.39 is 0 Å². The standard InChI is InChI=1S/C13H8BrFN2S/c14-7-1-4-11-12(5-7)18-13(17-11)9-6-8(16)2-3-10(9)15/h1-6H,16H2. The average Bonchev–Trinajstić information content (AvgIpc) is 2.74. The van der Waals surface area contributed by atoms with Crippen molar-refractivity contribution in [1.29, 1.82) is 0 Å². The molecule has 0 fully saturated rings. The van der Waals surface area contributed by atoms with E-state index in [2.05, 4.69) is 20.9 Å². The zero-order valence-electron chi connectivity index (χ0n) is 9.15. The van der Waals surface area contributed by atoms with E-state index in [-0.39, 0.29) is 5.82 Å². The molecule has 1 aromatic heterocycles. The molecule has 0 aliphatic rings. The predicted molar refractivity (Wildman–Crippen MR) is 77.1 cm³/mol. The highest BCUT2D eigenvalue weighted by Crippen LogP contribution is 2.33. The summed E-state index contributed by atoms with van der Waals surface area (Å²) in [6.45, 7) is 0. The summed E-state index contributed by atoms with van der Waals surface area (Å²) in [6.07, 6.45) is 0. The van der Waals surface area contributed by atoms with Gasteiger partial charge in [-0.25, -0.2) is 9.37 Å². The van der Waals surface area contributed by atoms with Crippen molar-refractivity contribution in [2.75, 3.05) is 5.73 Å². The number of nitrogen functional groups attached to an aromatic ring is 1. The summed E-state index contributed by atoms with van der Waals surface area (Å²) in [5, 5.41) is 0.646. The lowest BCUT2D eigenvalue weighted by Crippen LogP contribution is -1.88. The Balaban J connectivity index is 2.22. The van der Waals surface area contributed by atoms with E-state index >= 15 is 0 Å². The number of halogens is 2. The van der Waals surface area contributed by atoms with Gasteiger partial charge in [0.1, 0.15) is 10.8 Å². The topological polar surface area (TPSA) is 38.9 Å². The van der Waals surface area contributed by atoms with Crippen molar-refractivity contribution in [3.63, 3.8) is 0 Å². The van der Waals surface area contributed by atoms with Crippen LogP contribution in [0.3, 0.4) is 0 Å². The minimum absolute atomic E-state index is 0.303. The Morgan fingerprint density at radius 2 is 2.00 bits per heavy atom. The van der Waals surface area contributed by atoms with Crippen molar-refractivity contribution in [1.82, 2.24) is 4.98 Å². The van der Waals surface area contributed by atoms with E-state index in [0.29, 0.717) is 16.3 Å². The molecule has 0 saturated carbocycles. The fraction of sp³-hybridized carbons (Fsp3) is 0. The van der Waals surface area contributed by atoms with Gasteiger partial charge in [-0.05, 0) is 36.4 Å². The van der Waals surface area contributed by atoms with Crippen molar-refractivity contribution in [3.05, 3.63) is 46.7 Å². The van der Waals surface area contributed by atoms with Gasteiger partial charge >= 0.3 is 0 Å². The molecule has 0 bridgehead atoms. The second-order valence-electron chi connectivity index (χ2n) is 3.87. The third kappa shape index (κ3) is 2.00. The minimum atomic E-state index is -0.303. The van der Waals surface area contributed by atoms with Gasteiger partial charge in [-0.3, -0.25) is 0 Å². The molecule has 2 aromatic carbocycles. The largest absolute Gasteiger partial charge is 0.399 e. The van der Waals surface area contributed by atoms with Gasteiger partial charge in [-0.2, -0.15) is 0 Å². The van der Waals surface area contributed by atoms with Crippen LogP contribution in [-0.2, 0) is 0 Å². The quantitative estimate of drug-likeness (QED) is 0.672. The van der Waals surface area contributed by atoms with Crippen LogP contribution < -0.4 is 5.73 Å². The summed E-state index contributed by atoms with van der Waals surface area (Å²) in [6, 6.07) is 10.3. The summed E-state index contributed by atoms with van der Waals surface area (Å²) in [5.74, 6) is -0.303. The molecule has 0 radical (unpaired) electrons. The first kappa shape index (κ1) is 11.6. The lowest BCUT2D eigenvalue weighted by Gasteiger charge is -1.99. The lowest BCUT2D eigenvalue weighted by atomic mass is 10.2. The lowest BCUT2D eigenvalue weighted by molar-refractivity contribution is 0.631. The summed E-state index contributed by atoms with van der Waals surface area (Å²) in [5.41, 5.74) is 7.53. The predicted octanol–water partition coefficient (Wildman–Crippen LogP) is 4.45. The monoisotopic (exact) mass is 322 g/mol. The molecule has 3 rings (SSSR count). The van der Waals surface area contributed by atoms with Crippen molar-refractivity contribution in [2.45, 2.75) is 0 Å². The second-order valence-corrected chi connectivity index (χ2v) is 5.82. The van der Waals surface area contributed by atoms with Crippen molar-refractivity contribution < 1.29 is 4.39 Å². The minimum Gasteiger partial charge on any atom is -0.399 e. The van der Waals surface area contributed by atoms with Crippen LogP contribution in [0.15, 0.2) is 40.9 Å². The zero-order chi connectivity index (χ0) is 12.7. The maximum Gasteiger partial charge on any atom is 0.133 e. The molecule has 0 aliphatic carbocycles. The molecule has 2 nitrogen and oxygen atoms in total. The fourth-order valence-corrected chi connectivity index (χ4v) is 3.26. The molecule has 2 N–H and O–H groups in total.